The summed E-state index contributed by atoms with van der Waals surface area (Å²) in [6, 6.07) is 2.34. The van der Waals surface area contributed by atoms with Gasteiger partial charge in [-0.05, 0) is 18.6 Å². The molecule has 1 aromatic rings. The summed E-state index contributed by atoms with van der Waals surface area (Å²) in [6.07, 6.45) is 0. The SMILES string of the molecule is Cc1ccc(OS(=O)O)c(F)c1F. The van der Waals surface area contributed by atoms with Crippen LogP contribution in [0.2, 0.25) is 0 Å². The minimum absolute atomic E-state index is 0.105. The summed E-state index contributed by atoms with van der Waals surface area (Å²) in [5.41, 5.74) is 0.105. The van der Waals surface area contributed by atoms with E-state index in [4.69, 9.17) is 4.55 Å². The first-order chi connectivity index (χ1) is 6.02. The van der Waals surface area contributed by atoms with E-state index in [0.717, 1.165) is 6.07 Å². The monoisotopic (exact) mass is 208 g/mol. The second-order valence-electron chi connectivity index (χ2n) is 2.31. The molecule has 1 atom stereocenters. The summed E-state index contributed by atoms with van der Waals surface area (Å²) in [4.78, 5) is 0. The molecule has 3 nitrogen and oxygen atoms in total. The molecule has 0 aromatic heterocycles. The fourth-order valence-electron chi connectivity index (χ4n) is 0.769. The molecule has 0 saturated carbocycles. The third-order valence-electron chi connectivity index (χ3n) is 1.40. The van der Waals surface area contributed by atoms with Gasteiger partial charge in [0.25, 0.3) is 0 Å². The molecule has 0 spiro atoms. The summed E-state index contributed by atoms with van der Waals surface area (Å²) >= 11 is -2.65. The first-order valence-electron chi connectivity index (χ1n) is 3.26. The first kappa shape index (κ1) is 10.1. The summed E-state index contributed by atoms with van der Waals surface area (Å²) in [7, 11) is 0. The fourth-order valence-corrected chi connectivity index (χ4v) is 1.05. The van der Waals surface area contributed by atoms with Crippen molar-refractivity contribution in [2.24, 2.45) is 0 Å². The average molecular weight is 208 g/mol. The summed E-state index contributed by atoms with van der Waals surface area (Å²) in [6.45, 7) is 1.37. The van der Waals surface area contributed by atoms with Gasteiger partial charge in [0.2, 0.25) is 5.82 Å². The topological polar surface area (TPSA) is 46.5 Å². The van der Waals surface area contributed by atoms with Gasteiger partial charge in [-0.2, -0.15) is 8.60 Å². The summed E-state index contributed by atoms with van der Waals surface area (Å²) in [5.74, 6) is -2.92. The molecule has 0 aliphatic carbocycles. The van der Waals surface area contributed by atoms with Gasteiger partial charge in [-0.1, -0.05) is 6.07 Å². The predicted molar refractivity (Wildman–Crippen MR) is 42.5 cm³/mol. The maximum Gasteiger partial charge on any atom is 0.357 e. The molecule has 6 heteroatoms. The molecular formula is C7H6F2O3S. The van der Waals surface area contributed by atoms with Gasteiger partial charge in [-0.25, -0.2) is 4.39 Å². The Labute approximate surface area is 75.8 Å². The van der Waals surface area contributed by atoms with Crippen LogP contribution in [0.1, 0.15) is 5.56 Å². The zero-order chi connectivity index (χ0) is 10.0. The van der Waals surface area contributed by atoms with Gasteiger partial charge < -0.3 is 4.18 Å². The van der Waals surface area contributed by atoms with Gasteiger partial charge in [-0.15, -0.1) is 0 Å². The molecule has 1 N–H and O–H groups in total. The van der Waals surface area contributed by atoms with Crippen molar-refractivity contribution >= 4 is 11.4 Å². The van der Waals surface area contributed by atoms with E-state index in [0.29, 0.717) is 0 Å². The van der Waals surface area contributed by atoms with E-state index >= 15 is 0 Å². The number of hydrogen-bond acceptors (Lipinski definition) is 2. The maximum absolute atomic E-state index is 12.9. The molecule has 1 unspecified atom stereocenters. The van der Waals surface area contributed by atoms with E-state index in [1.807, 2.05) is 0 Å². The van der Waals surface area contributed by atoms with Crippen LogP contribution in [-0.2, 0) is 11.4 Å². The van der Waals surface area contributed by atoms with Gasteiger partial charge in [0, 0.05) is 0 Å². The highest BCUT2D eigenvalue weighted by Crippen LogP contribution is 2.22. The van der Waals surface area contributed by atoms with E-state index in [2.05, 4.69) is 4.18 Å². The Hall–Kier alpha value is -1.01. The van der Waals surface area contributed by atoms with Crippen LogP contribution in [-0.4, -0.2) is 8.76 Å². The molecule has 0 amide bonds. The summed E-state index contributed by atoms with van der Waals surface area (Å²) in [5, 5.41) is 0. The van der Waals surface area contributed by atoms with Gasteiger partial charge in [0.05, 0.1) is 0 Å². The quantitative estimate of drug-likeness (QED) is 0.753. The molecule has 1 rings (SSSR count). The molecule has 0 fully saturated rings. The third kappa shape index (κ3) is 2.22. The highest BCUT2D eigenvalue weighted by Gasteiger charge is 2.13. The molecule has 72 valence electrons. The molecule has 0 bridgehead atoms. The molecule has 0 radical (unpaired) electrons. The van der Waals surface area contributed by atoms with Crippen molar-refractivity contribution in [2.45, 2.75) is 6.92 Å². The minimum Gasteiger partial charge on any atom is -0.377 e. The lowest BCUT2D eigenvalue weighted by Gasteiger charge is -2.03. The lowest BCUT2D eigenvalue weighted by atomic mass is 10.2. The van der Waals surface area contributed by atoms with Gasteiger partial charge >= 0.3 is 11.4 Å². The van der Waals surface area contributed by atoms with Gasteiger partial charge in [0.1, 0.15) is 0 Å². The number of halogens is 2. The van der Waals surface area contributed by atoms with Crippen molar-refractivity contribution in [3.05, 3.63) is 29.3 Å². The van der Waals surface area contributed by atoms with Crippen molar-refractivity contribution in [3.8, 4) is 5.75 Å². The first-order valence-corrected chi connectivity index (χ1v) is 4.29. The van der Waals surface area contributed by atoms with Crippen molar-refractivity contribution in [1.29, 1.82) is 0 Å². The number of rotatable bonds is 2. The largest absolute Gasteiger partial charge is 0.377 e. The van der Waals surface area contributed by atoms with E-state index in [1.54, 1.807) is 0 Å². The van der Waals surface area contributed by atoms with E-state index in [9.17, 15) is 13.0 Å². The molecule has 1 aromatic carbocycles. The highest BCUT2D eigenvalue weighted by molar-refractivity contribution is 7.74. The zero-order valence-corrected chi connectivity index (χ0v) is 7.40. The van der Waals surface area contributed by atoms with Crippen LogP contribution < -0.4 is 4.18 Å². The van der Waals surface area contributed by atoms with Crippen LogP contribution in [0.25, 0.3) is 0 Å². The molecule has 0 heterocycles. The smallest absolute Gasteiger partial charge is 0.357 e. The number of aryl methyl sites for hydroxylation is 1. The molecule has 0 saturated heterocycles. The maximum atomic E-state index is 12.9. The van der Waals surface area contributed by atoms with Crippen LogP contribution in [0.15, 0.2) is 12.1 Å². The number of benzene rings is 1. The lowest BCUT2D eigenvalue weighted by molar-refractivity contribution is 0.421. The van der Waals surface area contributed by atoms with Crippen LogP contribution in [0.4, 0.5) is 8.78 Å². The Morgan fingerprint density at radius 3 is 2.54 bits per heavy atom. The minimum atomic E-state index is -2.65. The van der Waals surface area contributed by atoms with Crippen LogP contribution in [0.5, 0.6) is 5.75 Å². The van der Waals surface area contributed by atoms with Gasteiger partial charge in [-0.3, -0.25) is 4.55 Å². The van der Waals surface area contributed by atoms with Crippen LogP contribution in [0, 0.1) is 18.6 Å². The third-order valence-corrected chi connectivity index (χ3v) is 1.72. The average Bonchev–Trinajstić information content (AvgIpc) is 2.06. The normalized spacial score (nSPS) is 12.6. The Balaban J connectivity index is 3.10. The van der Waals surface area contributed by atoms with Crippen LogP contribution in [0.3, 0.4) is 0 Å². The highest BCUT2D eigenvalue weighted by atomic mass is 32.2. The Bertz CT molecular complexity index is 354. The van der Waals surface area contributed by atoms with Crippen LogP contribution >= 0.6 is 0 Å². The second kappa shape index (κ2) is 3.80. The summed E-state index contributed by atoms with van der Waals surface area (Å²) < 4.78 is 48.1. The van der Waals surface area contributed by atoms with E-state index < -0.39 is 28.7 Å². The molecule has 0 aliphatic heterocycles. The standard InChI is InChI=1S/C7H6F2O3S/c1-4-2-3-5(12-13(10)11)7(9)6(4)8/h2-3H,1H3,(H,10,11). The Kier molecular flexibility index (Phi) is 2.94. The fraction of sp³-hybridized carbons (Fsp3) is 0.143. The molecule has 13 heavy (non-hydrogen) atoms. The van der Waals surface area contributed by atoms with Crippen molar-refractivity contribution < 1.29 is 21.7 Å². The predicted octanol–water partition coefficient (Wildman–Crippen LogP) is 1.79. The lowest BCUT2D eigenvalue weighted by Crippen LogP contribution is -2.01. The van der Waals surface area contributed by atoms with Gasteiger partial charge in [0.15, 0.2) is 11.6 Å². The second-order valence-corrected chi connectivity index (χ2v) is 2.91. The molecule has 0 aliphatic rings. The van der Waals surface area contributed by atoms with Crippen molar-refractivity contribution in [3.63, 3.8) is 0 Å². The Morgan fingerprint density at radius 1 is 1.38 bits per heavy atom. The van der Waals surface area contributed by atoms with E-state index in [1.165, 1.54) is 13.0 Å². The van der Waals surface area contributed by atoms with Crippen molar-refractivity contribution in [1.82, 2.24) is 0 Å². The van der Waals surface area contributed by atoms with E-state index in [-0.39, 0.29) is 5.56 Å². The zero-order valence-electron chi connectivity index (χ0n) is 6.58. The number of hydrogen-bond donors (Lipinski definition) is 1. The Morgan fingerprint density at radius 2 is 2.00 bits per heavy atom. The van der Waals surface area contributed by atoms with Crippen molar-refractivity contribution in [2.75, 3.05) is 0 Å². The molecular weight excluding hydrogens is 202 g/mol.